The van der Waals surface area contributed by atoms with Gasteiger partial charge in [-0.25, -0.2) is 0 Å². The zero-order chi connectivity index (χ0) is 10.2. The van der Waals surface area contributed by atoms with E-state index in [0.717, 1.165) is 0 Å². The summed E-state index contributed by atoms with van der Waals surface area (Å²) in [5.41, 5.74) is 0.0798. The summed E-state index contributed by atoms with van der Waals surface area (Å²) in [5.74, 6) is 0.301. The maximum Gasteiger partial charge on any atom is 0.504 e. The molecule has 0 N–H and O–H groups in total. The molecule has 0 spiro atoms. The number of aromatic nitrogens is 2. The van der Waals surface area contributed by atoms with E-state index in [-0.39, 0.29) is 10.4 Å². The summed E-state index contributed by atoms with van der Waals surface area (Å²) >= 11 is 0. The first-order valence-electron chi connectivity index (χ1n) is 3.63. The average Bonchev–Trinajstić information content (AvgIpc) is 2.29. The Bertz CT molecular complexity index is 300. The van der Waals surface area contributed by atoms with Crippen molar-refractivity contribution in [1.82, 2.24) is 9.78 Å². The van der Waals surface area contributed by atoms with Crippen molar-refractivity contribution in [1.29, 1.82) is 0 Å². The van der Waals surface area contributed by atoms with Gasteiger partial charge in [0.05, 0.1) is 0 Å². The van der Waals surface area contributed by atoms with Crippen LogP contribution in [0.2, 0.25) is 0 Å². The Morgan fingerprint density at radius 2 is 1.92 bits per heavy atom. The fraction of sp³-hybridized carbons (Fsp3) is 0.571. The SMILES string of the molecule is Cc1cc(N(C)C)nn1C(F)(F)F. The minimum absolute atomic E-state index is 0.0579. The molecule has 1 heterocycles. The standard InChI is InChI=1S/C7H10F3N3/c1-5-4-6(12(2)3)11-13(5)7(8,9)10/h4H,1-3H3. The van der Waals surface area contributed by atoms with Crippen LogP contribution in [0, 0.1) is 6.92 Å². The first-order valence-corrected chi connectivity index (χ1v) is 3.63. The molecule has 0 aliphatic rings. The van der Waals surface area contributed by atoms with E-state index >= 15 is 0 Å². The van der Waals surface area contributed by atoms with E-state index in [1.54, 1.807) is 14.1 Å². The molecule has 0 bridgehead atoms. The number of alkyl halides is 3. The van der Waals surface area contributed by atoms with E-state index in [1.807, 2.05) is 0 Å². The highest BCUT2D eigenvalue weighted by Crippen LogP contribution is 2.25. The number of hydrogen-bond acceptors (Lipinski definition) is 2. The number of halogens is 3. The summed E-state index contributed by atoms with van der Waals surface area (Å²) in [4.78, 5) is 1.52. The third kappa shape index (κ3) is 1.93. The van der Waals surface area contributed by atoms with Crippen LogP contribution in [0.15, 0.2) is 6.07 Å². The summed E-state index contributed by atoms with van der Waals surface area (Å²) in [5, 5.41) is 3.40. The highest BCUT2D eigenvalue weighted by atomic mass is 19.4. The number of anilines is 1. The van der Waals surface area contributed by atoms with Gasteiger partial charge in [-0.15, -0.1) is 18.3 Å². The van der Waals surface area contributed by atoms with Crippen molar-refractivity contribution in [3.05, 3.63) is 11.8 Å². The van der Waals surface area contributed by atoms with Gasteiger partial charge in [-0.05, 0) is 6.92 Å². The Balaban J connectivity index is 3.11. The number of aryl methyl sites for hydroxylation is 1. The fourth-order valence-corrected chi connectivity index (χ4v) is 0.933. The Labute approximate surface area is 73.8 Å². The normalized spacial score (nSPS) is 11.8. The topological polar surface area (TPSA) is 21.1 Å². The second-order valence-corrected chi connectivity index (χ2v) is 2.92. The van der Waals surface area contributed by atoms with Crippen LogP contribution in [-0.4, -0.2) is 23.9 Å². The molecule has 0 atom stereocenters. The molecule has 1 aromatic rings. The molecular formula is C7H10F3N3. The van der Waals surface area contributed by atoms with Gasteiger partial charge in [-0.2, -0.15) is 4.68 Å². The molecule has 6 heteroatoms. The molecule has 13 heavy (non-hydrogen) atoms. The summed E-state index contributed by atoms with van der Waals surface area (Å²) in [6.07, 6.45) is -4.43. The van der Waals surface area contributed by atoms with Crippen molar-refractivity contribution >= 4 is 5.82 Å². The molecule has 0 aliphatic carbocycles. The van der Waals surface area contributed by atoms with Gasteiger partial charge < -0.3 is 4.90 Å². The van der Waals surface area contributed by atoms with Crippen molar-refractivity contribution in [2.45, 2.75) is 13.2 Å². The van der Waals surface area contributed by atoms with Crippen LogP contribution < -0.4 is 4.90 Å². The second kappa shape index (κ2) is 2.93. The molecule has 1 aromatic heterocycles. The lowest BCUT2D eigenvalue weighted by Crippen LogP contribution is -2.20. The Morgan fingerprint density at radius 3 is 2.15 bits per heavy atom. The average molecular weight is 193 g/mol. The van der Waals surface area contributed by atoms with Gasteiger partial charge in [-0.3, -0.25) is 0 Å². The smallest absolute Gasteiger partial charge is 0.361 e. The molecule has 0 saturated heterocycles. The van der Waals surface area contributed by atoms with Crippen LogP contribution in [0.1, 0.15) is 5.69 Å². The minimum atomic E-state index is -4.43. The summed E-state index contributed by atoms with van der Waals surface area (Å²) < 4.78 is 36.7. The lowest BCUT2D eigenvalue weighted by Gasteiger charge is -2.09. The quantitative estimate of drug-likeness (QED) is 0.677. The summed E-state index contributed by atoms with van der Waals surface area (Å²) in [6.45, 7) is 1.37. The highest BCUT2D eigenvalue weighted by molar-refractivity contribution is 5.37. The monoisotopic (exact) mass is 193 g/mol. The number of rotatable bonds is 1. The maximum atomic E-state index is 12.2. The summed E-state index contributed by atoms with van der Waals surface area (Å²) in [7, 11) is 3.28. The van der Waals surface area contributed by atoms with Crippen LogP contribution in [0.4, 0.5) is 19.0 Å². The zero-order valence-corrected chi connectivity index (χ0v) is 7.55. The first-order chi connectivity index (χ1) is 5.82. The van der Waals surface area contributed by atoms with E-state index in [1.165, 1.54) is 17.9 Å². The van der Waals surface area contributed by atoms with E-state index in [0.29, 0.717) is 5.82 Å². The van der Waals surface area contributed by atoms with E-state index in [4.69, 9.17) is 0 Å². The molecule has 0 aromatic carbocycles. The minimum Gasteiger partial charge on any atom is -0.361 e. The first kappa shape index (κ1) is 9.88. The van der Waals surface area contributed by atoms with Gasteiger partial charge in [0.2, 0.25) is 0 Å². The molecule has 0 amide bonds. The van der Waals surface area contributed by atoms with Gasteiger partial charge in [0.25, 0.3) is 0 Å². The fourth-order valence-electron chi connectivity index (χ4n) is 0.933. The molecule has 0 fully saturated rings. The Hall–Kier alpha value is -1.20. The number of nitrogens with zero attached hydrogens (tertiary/aromatic N) is 3. The predicted molar refractivity (Wildman–Crippen MR) is 42.6 cm³/mol. The molecule has 3 nitrogen and oxygen atoms in total. The van der Waals surface area contributed by atoms with Gasteiger partial charge in [0, 0.05) is 25.9 Å². The third-order valence-corrected chi connectivity index (χ3v) is 1.57. The van der Waals surface area contributed by atoms with Crippen molar-refractivity contribution in [2.75, 3.05) is 19.0 Å². The van der Waals surface area contributed by atoms with Crippen LogP contribution in [-0.2, 0) is 6.30 Å². The van der Waals surface area contributed by atoms with E-state index < -0.39 is 6.30 Å². The lowest BCUT2D eigenvalue weighted by atomic mass is 10.4. The van der Waals surface area contributed by atoms with Crippen molar-refractivity contribution in [3.8, 4) is 0 Å². The van der Waals surface area contributed by atoms with Gasteiger partial charge >= 0.3 is 6.30 Å². The summed E-state index contributed by atoms with van der Waals surface area (Å²) in [6, 6.07) is 1.38. The molecule has 0 saturated carbocycles. The molecule has 1 rings (SSSR count). The second-order valence-electron chi connectivity index (χ2n) is 2.92. The van der Waals surface area contributed by atoms with Gasteiger partial charge in [0.1, 0.15) is 0 Å². The Kier molecular flexibility index (Phi) is 2.23. The molecular weight excluding hydrogens is 183 g/mol. The molecule has 0 aliphatic heterocycles. The molecule has 0 radical (unpaired) electrons. The van der Waals surface area contributed by atoms with Gasteiger partial charge in [-0.1, -0.05) is 0 Å². The lowest BCUT2D eigenvalue weighted by molar-refractivity contribution is -0.213. The molecule has 0 unspecified atom stereocenters. The van der Waals surface area contributed by atoms with Crippen molar-refractivity contribution in [3.63, 3.8) is 0 Å². The van der Waals surface area contributed by atoms with Gasteiger partial charge in [0.15, 0.2) is 5.82 Å². The molecule has 74 valence electrons. The van der Waals surface area contributed by atoms with Crippen molar-refractivity contribution in [2.24, 2.45) is 0 Å². The highest BCUT2D eigenvalue weighted by Gasteiger charge is 2.33. The largest absolute Gasteiger partial charge is 0.504 e. The van der Waals surface area contributed by atoms with E-state index in [2.05, 4.69) is 5.10 Å². The van der Waals surface area contributed by atoms with Crippen molar-refractivity contribution < 1.29 is 13.2 Å². The van der Waals surface area contributed by atoms with Crippen LogP contribution in [0.25, 0.3) is 0 Å². The zero-order valence-electron chi connectivity index (χ0n) is 7.55. The van der Waals surface area contributed by atoms with E-state index in [9.17, 15) is 13.2 Å². The Morgan fingerprint density at radius 1 is 1.38 bits per heavy atom. The third-order valence-electron chi connectivity index (χ3n) is 1.57. The van der Waals surface area contributed by atoms with Crippen LogP contribution in [0.3, 0.4) is 0 Å². The maximum absolute atomic E-state index is 12.2. The van der Waals surface area contributed by atoms with Crippen LogP contribution >= 0.6 is 0 Å². The predicted octanol–water partition coefficient (Wildman–Crippen LogP) is 1.73. The number of hydrogen-bond donors (Lipinski definition) is 0. The van der Waals surface area contributed by atoms with Crippen LogP contribution in [0.5, 0.6) is 0 Å².